The van der Waals surface area contributed by atoms with Crippen molar-refractivity contribution in [2.45, 2.75) is 20.4 Å². The molecule has 0 saturated carbocycles. The molecule has 0 fully saturated rings. The second kappa shape index (κ2) is 8.13. The van der Waals surface area contributed by atoms with Crippen molar-refractivity contribution in [1.82, 2.24) is 4.98 Å². The lowest BCUT2D eigenvalue weighted by Gasteiger charge is -2.18. The van der Waals surface area contributed by atoms with Gasteiger partial charge < -0.3 is 9.15 Å². The van der Waals surface area contributed by atoms with Gasteiger partial charge in [-0.3, -0.25) is 9.69 Å². The Morgan fingerprint density at radius 1 is 1.06 bits per heavy atom. The molecule has 0 N–H and O–H groups in total. The molecule has 2 aromatic heterocycles. The van der Waals surface area contributed by atoms with E-state index in [1.54, 1.807) is 18.1 Å². The largest absolute Gasteiger partial charge is 0.493 e. The molecule has 5 nitrogen and oxygen atoms in total. The SMILES string of the molecule is COc1cccc2cc(C(=O)N(Cc3ccccc3)c3nc4c(C)c(C)ccc4s3)oc12. The standard InChI is InChI=1S/C26H22N2O3S/c1-16-12-13-22-23(17(16)2)27-26(32-22)28(15-18-8-5-4-6-9-18)25(29)21-14-19-10-7-11-20(30-3)24(19)31-21/h4-14H,15H2,1-3H3. The lowest BCUT2D eigenvalue weighted by molar-refractivity contribution is 0.0960. The highest BCUT2D eigenvalue weighted by molar-refractivity contribution is 7.22. The fourth-order valence-corrected chi connectivity index (χ4v) is 4.78. The molecule has 0 bridgehead atoms. The number of amides is 1. The van der Waals surface area contributed by atoms with Gasteiger partial charge in [-0.25, -0.2) is 4.98 Å². The maximum atomic E-state index is 13.7. The summed E-state index contributed by atoms with van der Waals surface area (Å²) in [6.45, 7) is 4.53. The number of anilines is 1. The minimum atomic E-state index is -0.236. The second-order valence-electron chi connectivity index (χ2n) is 7.72. The third-order valence-corrected chi connectivity index (χ3v) is 6.72. The van der Waals surface area contributed by atoms with Gasteiger partial charge in [-0.15, -0.1) is 0 Å². The van der Waals surface area contributed by atoms with Gasteiger partial charge in [-0.05, 0) is 48.7 Å². The number of thiazole rings is 1. The Kier molecular flexibility index (Phi) is 5.15. The van der Waals surface area contributed by atoms with Crippen molar-refractivity contribution < 1.29 is 13.9 Å². The van der Waals surface area contributed by atoms with Crippen LogP contribution in [0.5, 0.6) is 5.75 Å². The quantitative estimate of drug-likeness (QED) is 0.311. The zero-order valence-corrected chi connectivity index (χ0v) is 18.9. The van der Waals surface area contributed by atoms with E-state index in [1.807, 2.05) is 48.5 Å². The lowest BCUT2D eigenvalue weighted by Crippen LogP contribution is -2.30. The van der Waals surface area contributed by atoms with Crippen LogP contribution < -0.4 is 9.64 Å². The summed E-state index contributed by atoms with van der Waals surface area (Å²) < 4.78 is 12.4. The molecule has 0 spiro atoms. The molecule has 0 radical (unpaired) electrons. The Hall–Kier alpha value is -3.64. The number of carbonyl (C=O) groups is 1. The van der Waals surface area contributed by atoms with Crippen molar-refractivity contribution in [1.29, 1.82) is 0 Å². The molecule has 0 unspecified atom stereocenters. The number of hydrogen-bond donors (Lipinski definition) is 0. The molecule has 3 aromatic carbocycles. The van der Waals surface area contributed by atoms with Gasteiger partial charge in [0.2, 0.25) is 0 Å². The molecule has 160 valence electrons. The minimum absolute atomic E-state index is 0.236. The molecule has 0 aliphatic heterocycles. The first-order valence-corrected chi connectivity index (χ1v) is 11.2. The molecular weight excluding hydrogens is 420 g/mol. The average molecular weight is 443 g/mol. The molecule has 0 aliphatic carbocycles. The van der Waals surface area contributed by atoms with Crippen LogP contribution in [0.1, 0.15) is 27.2 Å². The van der Waals surface area contributed by atoms with Gasteiger partial charge in [-0.1, -0.05) is 59.9 Å². The van der Waals surface area contributed by atoms with E-state index in [9.17, 15) is 4.79 Å². The van der Waals surface area contributed by atoms with Crippen LogP contribution in [0.3, 0.4) is 0 Å². The van der Waals surface area contributed by atoms with Crippen LogP contribution in [0, 0.1) is 13.8 Å². The molecule has 0 saturated heterocycles. The summed E-state index contributed by atoms with van der Waals surface area (Å²) in [4.78, 5) is 20.3. The first kappa shape index (κ1) is 20.3. The summed E-state index contributed by atoms with van der Waals surface area (Å²) in [5.41, 5.74) is 4.82. The molecule has 0 aliphatic rings. The Bertz CT molecular complexity index is 1440. The van der Waals surface area contributed by atoms with Gasteiger partial charge in [0.25, 0.3) is 5.91 Å². The van der Waals surface area contributed by atoms with Gasteiger partial charge >= 0.3 is 0 Å². The number of carbonyl (C=O) groups excluding carboxylic acids is 1. The highest BCUT2D eigenvalue weighted by atomic mass is 32.1. The van der Waals surface area contributed by atoms with E-state index in [2.05, 4.69) is 26.0 Å². The number of nitrogens with zero attached hydrogens (tertiary/aromatic N) is 2. The van der Waals surface area contributed by atoms with Crippen molar-refractivity contribution in [3.05, 3.63) is 89.2 Å². The van der Waals surface area contributed by atoms with E-state index in [0.717, 1.165) is 26.7 Å². The fraction of sp³-hybridized carbons (Fsp3) is 0.154. The van der Waals surface area contributed by atoms with E-state index in [-0.39, 0.29) is 11.7 Å². The Morgan fingerprint density at radius 2 is 1.88 bits per heavy atom. The average Bonchev–Trinajstić information content (AvgIpc) is 3.45. The molecule has 5 rings (SSSR count). The minimum Gasteiger partial charge on any atom is -0.493 e. The zero-order valence-electron chi connectivity index (χ0n) is 18.1. The number of aromatic nitrogens is 1. The number of benzene rings is 3. The normalized spacial score (nSPS) is 11.2. The number of aryl methyl sites for hydroxylation is 2. The number of fused-ring (bicyclic) bond motifs is 2. The lowest BCUT2D eigenvalue weighted by atomic mass is 10.1. The number of hydrogen-bond acceptors (Lipinski definition) is 5. The van der Waals surface area contributed by atoms with Gasteiger partial charge in [0.15, 0.2) is 22.2 Å². The summed E-state index contributed by atoms with van der Waals surface area (Å²) in [5, 5.41) is 1.47. The van der Waals surface area contributed by atoms with Crippen LogP contribution in [0.15, 0.2) is 71.1 Å². The molecule has 2 heterocycles. The molecule has 0 atom stereocenters. The predicted molar refractivity (Wildman–Crippen MR) is 129 cm³/mol. The Morgan fingerprint density at radius 3 is 2.66 bits per heavy atom. The van der Waals surface area contributed by atoms with Crippen molar-refractivity contribution in [3.63, 3.8) is 0 Å². The van der Waals surface area contributed by atoms with Gasteiger partial charge in [0.1, 0.15) is 0 Å². The number of methoxy groups -OCH3 is 1. The first-order valence-electron chi connectivity index (χ1n) is 10.3. The highest BCUT2D eigenvalue weighted by Crippen LogP contribution is 2.35. The maximum absolute atomic E-state index is 13.7. The number of rotatable bonds is 5. The van der Waals surface area contributed by atoms with Crippen LogP contribution >= 0.6 is 11.3 Å². The third kappa shape index (κ3) is 3.52. The summed E-state index contributed by atoms with van der Waals surface area (Å²) in [6.07, 6.45) is 0. The molecule has 32 heavy (non-hydrogen) atoms. The monoisotopic (exact) mass is 442 g/mol. The Labute approximate surface area is 189 Å². The number of para-hydroxylation sites is 1. The van der Waals surface area contributed by atoms with E-state index < -0.39 is 0 Å². The van der Waals surface area contributed by atoms with Crippen molar-refractivity contribution in [2.24, 2.45) is 0 Å². The Balaban J connectivity index is 1.61. The van der Waals surface area contributed by atoms with E-state index in [1.165, 1.54) is 16.9 Å². The van der Waals surface area contributed by atoms with Gasteiger partial charge in [-0.2, -0.15) is 0 Å². The maximum Gasteiger partial charge on any atom is 0.296 e. The van der Waals surface area contributed by atoms with E-state index in [4.69, 9.17) is 14.1 Å². The topological polar surface area (TPSA) is 55.6 Å². The van der Waals surface area contributed by atoms with E-state index >= 15 is 0 Å². The number of ether oxygens (including phenoxy) is 1. The number of furan rings is 1. The van der Waals surface area contributed by atoms with Gasteiger partial charge in [0, 0.05) is 5.39 Å². The van der Waals surface area contributed by atoms with E-state index in [0.29, 0.717) is 23.0 Å². The van der Waals surface area contributed by atoms with Crippen LogP contribution in [0.25, 0.3) is 21.2 Å². The second-order valence-corrected chi connectivity index (χ2v) is 8.73. The summed E-state index contributed by atoms with van der Waals surface area (Å²) in [6, 6.07) is 21.4. The smallest absolute Gasteiger partial charge is 0.296 e. The molecule has 6 heteroatoms. The van der Waals surface area contributed by atoms with Crippen molar-refractivity contribution in [2.75, 3.05) is 12.0 Å². The molecule has 5 aromatic rings. The highest BCUT2D eigenvalue weighted by Gasteiger charge is 2.26. The van der Waals surface area contributed by atoms with Crippen LogP contribution in [-0.4, -0.2) is 18.0 Å². The van der Waals surface area contributed by atoms with Gasteiger partial charge in [0.05, 0.1) is 23.9 Å². The summed E-state index contributed by atoms with van der Waals surface area (Å²) in [7, 11) is 1.59. The summed E-state index contributed by atoms with van der Waals surface area (Å²) in [5.74, 6) is 0.621. The molecule has 1 amide bonds. The first-order chi connectivity index (χ1) is 15.5. The molecular formula is C26H22N2O3S. The van der Waals surface area contributed by atoms with Crippen molar-refractivity contribution in [3.8, 4) is 5.75 Å². The summed E-state index contributed by atoms with van der Waals surface area (Å²) >= 11 is 1.51. The fourth-order valence-electron chi connectivity index (χ4n) is 3.76. The third-order valence-electron chi connectivity index (χ3n) is 5.67. The zero-order chi connectivity index (χ0) is 22.2. The van der Waals surface area contributed by atoms with Crippen LogP contribution in [0.4, 0.5) is 5.13 Å². The van der Waals surface area contributed by atoms with Crippen molar-refractivity contribution >= 4 is 43.6 Å². The van der Waals surface area contributed by atoms with Crippen LogP contribution in [-0.2, 0) is 6.54 Å². The van der Waals surface area contributed by atoms with Crippen LogP contribution in [0.2, 0.25) is 0 Å². The predicted octanol–water partition coefficient (Wildman–Crippen LogP) is 6.51.